The Hall–Kier alpha value is -1.88. The average molecular weight is 316 g/mol. The smallest absolute Gasteiger partial charge is 0.253 e. The largest absolute Gasteiger partial charge is 0.393 e. The molecule has 0 aromatic heterocycles. The molecule has 0 aliphatic heterocycles. The summed E-state index contributed by atoms with van der Waals surface area (Å²) in [7, 11) is 1.73. The maximum absolute atomic E-state index is 12.5. The molecule has 124 valence electrons. The molecule has 2 fully saturated rings. The number of rotatable bonds is 5. The summed E-state index contributed by atoms with van der Waals surface area (Å²) in [4.78, 5) is 26.4. The quantitative estimate of drug-likeness (QED) is 0.872. The van der Waals surface area contributed by atoms with E-state index < -0.39 is 0 Å². The average Bonchev–Trinajstić information content (AvgIpc) is 3.34. The van der Waals surface area contributed by atoms with E-state index in [9.17, 15) is 14.7 Å². The third-order valence-corrected chi connectivity index (χ3v) is 4.91. The fourth-order valence-electron chi connectivity index (χ4n) is 3.26. The number of carbonyl (C=O) groups excluding carboxylic acids is 2. The van der Waals surface area contributed by atoms with Gasteiger partial charge in [-0.2, -0.15) is 0 Å². The van der Waals surface area contributed by atoms with Crippen LogP contribution in [0.2, 0.25) is 0 Å². The molecule has 3 rings (SSSR count). The van der Waals surface area contributed by atoms with E-state index in [0.717, 1.165) is 32.1 Å². The Kier molecular flexibility index (Phi) is 4.66. The predicted octanol–water partition coefficient (Wildman–Crippen LogP) is 1.95. The molecule has 2 atom stereocenters. The summed E-state index contributed by atoms with van der Waals surface area (Å²) in [6, 6.07) is 7.19. The van der Waals surface area contributed by atoms with Crippen LogP contribution in [0.15, 0.2) is 24.3 Å². The Morgan fingerprint density at radius 1 is 1.22 bits per heavy atom. The van der Waals surface area contributed by atoms with Crippen molar-refractivity contribution in [3.05, 3.63) is 29.8 Å². The zero-order valence-corrected chi connectivity index (χ0v) is 13.5. The Morgan fingerprint density at radius 2 is 1.96 bits per heavy atom. The summed E-state index contributed by atoms with van der Waals surface area (Å²) in [5.74, 6) is 0.147. The predicted molar refractivity (Wildman–Crippen MR) is 88.3 cm³/mol. The maximum atomic E-state index is 12.5. The number of hydrogen-bond acceptors (Lipinski definition) is 3. The number of aliphatic hydroxyl groups excluding tert-OH is 1. The van der Waals surface area contributed by atoms with E-state index in [-0.39, 0.29) is 29.8 Å². The molecule has 2 aliphatic carbocycles. The number of aliphatic hydroxyl groups is 1. The molecule has 2 N–H and O–H groups in total. The molecule has 1 aromatic carbocycles. The highest BCUT2D eigenvalue weighted by Crippen LogP contribution is 2.33. The monoisotopic (exact) mass is 316 g/mol. The number of carbonyl (C=O) groups is 2. The second-order valence-electron chi connectivity index (χ2n) is 6.66. The van der Waals surface area contributed by atoms with Crippen molar-refractivity contribution in [2.75, 3.05) is 18.5 Å². The molecular formula is C18H24N2O3. The summed E-state index contributed by atoms with van der Waals surface area (Å²) in [6.07, 6.45) is 4.34. The van der Waals surface area contributed by atoms with Crippen LogP contribution in [0.4, 0.5) is 5.69 Å². The summed E-state index contributed by atoms with van der Waals surface area (Å²) in [6.45, 7) is 0.481. The molecular weight excluding hydrogens is 292 g/mol. The van der Waals surface area contributed by atoms with Gasteiger partial charge in [-0.1, -0.05) is 18.6 Å². The molecule has 0 radical (unpaired) electrons. The van der Waals surface area contributed by atoms with Crippen molar-refractivity contribution in [1.29, 1.82) is 0 Å². The van der Waals surface area contributed by atoms with E-state index in [1.807, 2.05) is 6.07 Å². The Labute approximate surface area is 136 Å². The highest BCUT2D eigenvalue weighted by atomic mass is 16.3. The molecule has 2 aliphatic rings. The molecule has 2 amide bonds. The normalized spacial score (nSPS) is 23.6. The van der Waals surface area contributed by atoms with Crippen molar-refractivity contribution < 1.29 is 14.7 Å². The second kappa shape index (κ2) is 6.71. The summed E-state index contributed by atoms with van der Waals surface area (Å²) in [5, 5.41) is 12.8. The van der Waals surface area contributed by atoms with E-state index >= 15 is 0 Å². The van der Waals surface area contributed by atoms with Gasteiger partial charge in [0.1, 0.15) is 0 Å². The minimum atomic E-state index is -0.315. The van der Waals surface area contributed by atoms with Crippen LogP contribution in [0.25, 0.3) is 0 Å². The molecule has 5 heteroatoms. The van der Waals surface area contributed by atoms with Crippen molar-refractivity contribution in [3.63, 3.8) is 0 Å². The fourth-order valence-corrected chi connectivity index (χ4v) is 3.26. The van der Waals surface area contributed by atoms with Gasteiger partial charge in [0.2, 0.25) is 5.91 Å². The highest BCUT2D eigenvalue weighted by Gasteiger charge is 2.33. The van der Waals surface area contributed by atoms with Crippen LogP contribution >= 0.6 is 0 Å². The van der Waals surface area contributed by atoms with Crippen LogP contribution in [-0.4, -0.2) is 36.6 Å². The lowest BCUT2D eigenvalue weighted by Gasteiger charge is -2.21. The molecule has 5 nitrogen and oxygen atoms in total. The molecule has 0 heterocycles. The summed E-state index contributed by atoms with van der Waals surface area (Å²) in [5.41, 5.74) is 1.16. The van der Waals surface area contributed by atoms with Crippen molar-refractivity contribution >= 4 is 17.5 Å². The van der Waals surface area contributed by atoms with Crippen LogP contribution in [0.5, 0.6) is 0 Å². The van der Waals surface area contributed by atoms with E-state index in [1.54, 1.807) is 30.1 Å². The van der Waals surface area contributed by atoms with Gasteiger partial charge in [0.25, 0.3) is 5.91 Å². The fraction of sp³-hybridized carbons (Fsp3) is 0.556. The molecule has 23 heavy (non-hydrogen) atoms. The van der Waals surface area contributed by atoms with E-state index in [1.165, 1.54) is 0 Å². The van der Waals surface area contributed by atoms with Gasteiger partial charge in [0.15, 0.2) is 0 Å². The van der Waals surface area contributed by atoms with E-state index in [0.29, 0.717) is 17.8 Å². The van der Waals surface area contributed by atoms with Crippen LogP contribution in [0, 0.1) is 11.8 Å². The lowest BCUT2D eigenvalue weighted by Crippen LogP contribution is -2.34. The number of benzene rings is 1. The van der Waals surface area contributed by atoms with Crippen LogP contribution in [0.3, 0.4) is 0 Å². The lowest BCUT2D eigenvalue weighted by molar-refractivity contribution is -0.119. The Bertz CT molecular complexity index is 598. The van der Waals surface area contributed by atoms with Gasteiger partial charge < -0.3 is 15.3 Å². The van der Waals surface area contributed by atoms with Gasteiger partial charge in [-0.25, -0.2) is 0 Å². The van der Waals surface area contributed by atoms with Gasteiger partial charge in [-0.05, 0) is 37.8 Å². The minimum absolute atomic E-state index is 0.0801. The SMILES string of the molecule is CN(C(=O)C1CC1)c1ccccc1C(=O)NCC1CCCC1O. The van der Waals surface area contributed by atoms with Gasteiger partial charge in [0.05, 0.1) is 17.4 Å². The third kappa shape index (κ3) is 3.55. The number of amides is 2. The number of hydrogen-bond donors (Lipinski definition) is 2. The third-order valence-electron chi connectivity index (χ3n) is 4.91. The number of nitrogens with one attached hydrogen (secondary N) is 1. The Balaban J connectivity index is 1.68. The molecule has 0 spiro atoms. The van der Waals surface area contributed by atoms with Crippen LogP contribution < -0.4 is 10.2 Å². The molecule has 1 aromatic rings. The van der Waals surface area contributed by atoms with Crippen LogP contribution in [-0.2, 0) is 4.79 Å². The molecule has 0 saturated heterocycles. The van der Waals surface area contributed by atoms with Gasteiger partial charge in [-0.15, -0.1) is 0 Å². The highest BCUT2D eigenvalue weighted by molar-refractivity contribution is 6.05. The zero-order valence-electron chi connectivity index (χ0n) is 13.5. The van der Waals surface area contributed by atoms with E-state index in [2.05, 4.69) is 5.32 Å². The molecule has 2 unspecified atom stereocenters. The Morgan fingerprint density at radius 3 is 2.61 bits per heavy atom. The van der Waals surface area contributed by atoms with Crippen LogP contribution in [0.1, 0.15) is 42.5 Å². The van der Waals surface area contributed by atoms with Gasteiger partial charge in [-0.3, -0.25) is 9.59 Å². The van der Waals surface area contributed by atoms with Crippen molar-refractivity contribution in [1.82, 2.24) is 5.32 Å². The number of para-hydroxylation sites is 1. The molecule has 2 saturated carbocycles. The lowest BCUT2D eigenvalue weighted by atomic mass is 10.1. The first kappa shape index (κ1) is 16.0. The maximum Gasteiger partial charge on any atom is 0.253 e. The molecule has 0 bridgehead atoms. The first-order valence-electron chi connectivity index (χ1n) is 8.41. The summed E-state index contributed by atoms with van der Waals surface area (Å²) < 4.78 is 0. The van der Waals surface area contributed by atoms with Crippen molar-refractivity contribution in [3.8, 4) is 0 Å². The first-order chi connectivity index (χ1) is 11.1. The second-order valence-corrected chi connectivity index (χ2v) is 6.66. The first-order valence-corrected chi connectivity index (χ1v) is 8.41. The van der Waals surface area contributed by atoms with Gasteiger partial charge >= 0.3 is 0 Å². The summed E-state index contributed by atoms with van der Waals surface area (Å²) >= 11 is 0. The number of anilines is 1. The van der Waals surface area contributed by atoms with Crippen molar-refractivity contribution in [2.45, 2.75) is 38.2 Å². The number of nitrogens with zero attached hydrogens (tertiary/aromatic N) is 1. The minimum Gasteiger partial charge on any atom is -0.393 e. The van der Waals surface area contributed by atoms with Gasteiger partial charge in [0, 0.05) is 25.4 Å². The standard InChI is InChI=1S/C18H24N2O3/c1-20(18(23)12-9-10-12)15-7-3-2-6-14(15)17(22)19-11-13-5-4-8-16(13)21/h2-3,6-7,12-13,16,21H,4-5,8-11H2,1H3,(H,19,22). The zero-order chi connectivity index (χ0) is 16.4. The van der Waals surface area contributed by atoms with E-state index in [4.69, 9.17) is 0 Å². The topological polar surface area (TPSA) is 69.6 Å². The van der Waals surface area contributed by atoms with Crippen molar-refractivity contribution in [2.24, 2.45) is 11.8 Å².